The predicted molar refractivity (Wildman–Crippen MR) is 110 cm³/mol. The quantitative estimate of drug-likeness (QED) is 0.749. The summed E-state index contributed by atoms with van der Waals surface area (Å²) in [7, 11) is 0. The molecule has 6 nitrogen and oxygen atoms in total. The summed E-state index contributed by atoms with van der Waals surface area (Å²) >= 11 is 0. The molecule has 154 valence electrons. The second kappa shape index (κ2) is 8.59. The summed E-state index contributed by atoms with van der Waals surface area (Å²) in [5.74, 6) is 0.293. The van der Waals surface area contributed by atoms with E-state index in [1.807, 2.05) is 19.1 Å². The molecule has 29 heavy (non-hydrogen) atoms. The van der Waals surface area contributed by atoms with Crippen molar-refractivity contribution in [2.24, 2.45) is 5.92 Å². The molecule has 0 spiro atoms. The van der Waals surface area contributed by atoms with E-state index >= 15 is 0 Å². The Bertz CT molecular complexity index is 898. The van der Waals surface area contributed by atoms with Crippen LogP contribution in [0.15, 0.2) is 36.4 Å². The number of halogens is 1. The number of carbonyl (C=O) groups is 2. The van der Waals surface area contributed by atoms with Gasteiger partial charge in [-0.1, -0.05) is 32.0 Å². The first-order valence-corrected chi connectivity index (χ1v) is 9.87. The van der Waals surface area contributed by atoms with E-state index in [0.29, 0.717) is 24.0 Å². The lowest BCUT2D eigenvalue weighted by molar-refractivity contribution is -0.125. The van der Waals surface area contributed by atoms with Gasteiger partial charge in [-0.3, -0.25) is 9.59 Å². The first-order chi connectivity index (χ1) is 13.8. The number of carbonyl (C=O) groups excluding carboxylic acids is 2. The molecule has 7 heteroatoms. The van der Waals surface area contributed by atoms with Crippen LogP contribution in [0.3, 0.4) is 0 Å². The summed E-state index contributed by atoms with van der Waals surface area (Å²) in [5.41, 5.74) is 2.01. The van der Waals surface area contributed by atoms with Gasteiger partial charge in [0.25, 0.3) is 5.91 Å². The van der Waals surface area contributed by atoms with Crippen molar-refractivity contribution in [1.29, 1.82) is 0 Å². The van der Waals surface area contributed by atoms with Gasteiger partial charge in [0.15, 0.2) is 0 Å². The minimum absolute atomic E-state index is 0.245. The van der Waals surface area contributed by atoms with E-state index < -0.39 is 6.04 Å². The van der Waals surface area contributed by atoms with E-state index in [1.54, 1.807) is 19.1 Å². The number of nitrogens with zero attached hydrogens (tertiary/aromatic N) is 2. The lowest BCUT2D eigenvalue weighted by atomic mass is 10.1. The maximum Gasteiger partial charge on any atom is 0.273 e. The molecule has 0 fully saturated rings. The molecule has 1 aromatic carbocycles. The van der Waals surface area contributed by atoms with Crippen LogP contribution in [0.2, 0.25) is 0 Å². The van der Waals surface area contributed by atoms with Gasteiger partial charge in [0.2, 0.25) is 5.91 Å². The number of hydrogen-bond acceptors (Lipinski definition) is 4. The first-order valence-electron chi connectivity index (χ1n) is 9.87. The van der Waals surface area contributed by atoms with Gasteiger partial charge in [-0.25, -0.2) is 9.37 Å². The van der Waals surface area contributed by atoms with Gasteiger partial charge >= 0.3 is 0 Å². The van der Waals surface area contributed by atoms with E-state index in [4.69, 9.17) is 0 Å². The molecule has 0 saturated heterocycles. The highest BCUT2D eigenvalue weighted by Crippen LogP contribution is 2.25. The Kier molecular flexibility index (Phi) is 6.15. The second-order valence-corrected chi connectivity index (χ2v) is 7.87. The molecular formula is C22H27FN4O2. The smallest absolute Gasteiger partial charge is 0.273 e. The highest BCUT2D eigenvalue weighted by atomic mass is 19.1. The highest BCUT2D eigenvalue weighted by Gasteiger charge is 2.35. The number of benzene rings is 1. The van der Waals surface area contributed by atoms with Gasteiger partial charge < -0.3 is 15.5 Å². The van der Waals surface area contributed by atoms with Crippen LogP contribution in [0.25, 0.3) is 0 Å². The molecule has 2 amide bonds. The Morgan fingerprint density at radius 3 is 2.48 bits per heavy atom. The molecule has 0 radical (unpaired) electrons. The molecule has 0 aliphatic carbocycles. The molecular weight excluding hydrogens is 371 g/mol. The average Bonchev–Trinajstić information content (AvgIpc) is 3.02. The normalized spacial score (nSPS) is 15.2. The number of rotatable bonds is 7. The van der Waals surface area contributed by atoms with Gasteiger partial charge in [-0.15, -0.1) is 0 Å². The zero-order chi connectivity index (χ0) is 21.1. The fourth-order valence-corrected chi connectivity index (χ4v) is 3.22. The van der Waals surface area contributed by atoms with E-state index in [9.17, 15) is 14.0 Å². The molecule has 1 aliphatic heterocycles. The zero-order valence-electron chi connectivity index (χ0n) is 17.2. The number of amides is 2. The minimum Gasteiger partial charge on any atom is -0.370 e. The lowest BCUT2D eigenvalue weighted by Gasteiger charge is -2.25. The highest BCUT2D eigenvalue weighted by molar-refractivity contribution is 5.99. The molecule has 2 atom stereocenters. The number of hydrogen-bond donors (Lipinski definition) is 2. The van der Waals surface area contributed by atoms with Gasteiger partial charge in [0, 0.05) is 18.7 Å². The largest absolute Gasteiger partial charge is 0.370 e. The van der Waals surface area contributed by atoms with Crippen LogP contribution < -0.4 is 10.6 Å². The van der Waals surface area contributed by atoms with Gasteiger partial charge in [0.1, 0.15) is 23.4 Å². The molecule has 2 aromatic rings. The summed E-state index contributed by atoms with van der Waals surface area (Å²) in [4.78, 5) is 31.5. The van der Waals surface area contributed by atoms with Crippen molar-refractivity contribution in [3.8, 4) is 0 Å². The second-order valence-electron chi connectivity index (χ2n) is 7.87. The summed E-state index contributed by atoms with van der Waals surface area (Å²) in [5, 5.41) is 6.12. The molecule has 2 heterocycles. The zero-order valence-corrected chi connectivity index (χ0v) is 17.2. The monoisotopic (exact) mass is 398 g/mol. The summed E-state index contributed by atoms with van der Waals surface area (Å²) in [6.45, 7) is 8.84. The SMILES string of the molecule is CC(C)CNc1ccc2c(n1)C(=O)N([C@H](C)C(=O)N[C@@H](C)c1ccc(F)cc1)C2. The summed E-state index contributed by atoms with van der Waals surface area (Å²) in [6, 6.07) is 8.79. The van der Waals surface area contributed by atoms with E-state index in [1.165, 1.54) is 17.0 Å². The van der Waals surface area contributed by atoms with Crippen molar-refractivity contribution in [1.82, 2.24) is 15.2 Å². The topological polar surface area (TPSA) is 74.3 Å². The third-order valence-corrected chi connectivity index (χ3v) is 5.05. The Labute approximate surface area is 170 Å². The molecule has 3 rings (SSSR count). The minimum atomic E-state index is -0.647. The van der Waals surface area contributed by atoms with Gasteiger partial charge in [-0.05, 0) is 43.5 Å². The maximum atomic E-state index is 13.1. The predicted octanol–water partition coefficient (Wildman–Crippen LogP) is 3.51. The third kappa shape index (κ3) is 4.72. The van der Waals surface area contributed by atoms with Crippen LogP contribution >= 0.6 is 0 Å². The lowest BCUT2D eigenvalue weighted by Crippen LogP contribution is -2.45. The molecule has 0 unspecified atom stereocenters. The number of aromatic nitrogens is 1. The molecule has 1 aliphatic rings. The van der Waals surface area contributed by atoms with Crippen molar-refractivity contribution < 1.29 is 14.0 Å². The van der Waals surface area contributed by atoms with Crippen LogP contribution in [0.4, 0.5) is 10.2 Å². The van der Waals surface area contributed by atoms with E-state index in [0.717, 1.165) is 17.7 Å². The number of pyridine rings is 1. The number of anilines is 1. The maximum absolute atomic E-state index is 13.1. The molecule has 1 aromatic heterocycles. The summed E-state index contributed by atoms with van der Waals surface area (Å²) < 4.78 is 13.1. The standard InChI is InChI=1S/C22H27FN4O2/c1-13(2)11-24-19-10-7-17-12-27(22(29)20(17)26-19)15(4)21(28)25-14(3)16-5-8-18(23)9-6-16/h5-10,13-15H,11-12H2,1-4H3,(H,24,26)(H,25,28)/t14-,15+/m0/s1. The molecule has 0 bridgehead atoms. The first kappa shape index (κ1) is 20.8. The fourth-order valence-electron chi connectivity index (χ4n) is 3.22. The third-order valence-electron chi connectivity index (χ3n) is 5.05. The van der Waals surface area contributed by atoms with Gasteiger partial charge in [-0.2, -0.15) is 0 Å². The van der Waals surface area contributed by atoms with Crippen LogP contribution in [0.1, 0.15) is 55.4 Å². The Morgan fingerprint density at radius 1 is 1.14 bits per heavy atom. The molecule has 0 saturated carbocycles. The van der Waals surface area contributed by atoms with Crippen molar-refractivity contribution in [2.75, 3.05) is 11.9 Å². The van der Waals surface area contributed by atoms with E-state index in [-0.39, 0.29) is 23.7 Å². The summed E-state index contributed by atoms with van der Waals surface area (Å²) in [6.07, 6.45) is 0. The molecule has 2 N–H and O–H groups in total. The van der Waals surface area contributed by atoms with Crippen molar-refractivity contribution >= 4 is 17.6 Å². The van der Waals surface area contributed by atoms with Crippen molar-refractivity contribution in [3.05, 3.63) is 59.0 Å². The van der Waals surface area contributed by atoms with Crippen LogP contribution in [0, 0.1) is 11.7 Å². The Hall–Kier alpha value is -2.96. The number of fused-ring (bicyclic) bond motifs is 1. The fraction of sp³-hybridized carbons (Fsp3) is 0.409. The Balaban J connectivity index is 1.66. The van der Waals surface area contributed by atoms with E-state index in [2.05, 4.69) is 29.5 Å². The average molecular weight is 398 g/mol. The van der Waals surface area contributed by atoms with Gasteiger partial charge in [0.05, 0.1) is 6.04 Å². The van der Waals surface area contributed by atoms with Crippen LogP contribution in [0.5, 0.6) is 0 Å². The van der Waals surface area contributed by atoms with Crippen LogP contribution in [-0.4, -0.2) is 34.3 Å². The van der Waals surface area contributed by atoms with Crippen LogP contribution in [-0.2, 0) is 11.3 Å². The van der Waals surface area contributed by atoms with Crippen molar-refractivity contribution in [2.45, 2.75) is 46.3 Å². The number of nitrogens with one attached hydrogen (secondary N) is 2. The van der Waals surface area contributed by atoms with Crippen molar-refractivity contribution in [3.63, 3.8) is 0 Å². The Morgan fingerprint density at radius 2 is 1.83 bits per heavy atom.